The molecule has 6 heteroatoms. The first-order valence-electron chi connectivity index (χ1n) is 9.97. The summed E-state index contributed by atoms with van der Waals surface area (Å²) < 4.78 is 0. The van der Waals surface area contributed by atoms with Gasteiger partial charge in [0.05, 0.1) is 12.2 Å². The van der Waals surface area contributed by atoms with E-state index in [1.807, 2.05) is 44.2 Å². The molecule has 2 heterocycles. The second kappa shape index (κ2) is 9.44. The summed E-state index contributed by atoms with van der Waals surface area (Å²) in [6.07, 6.45) is 2.33. The number of nitrogens with one attached hydrogen (secondary N) is 2. The lowest BCUT2D eigenvalue weighted by Crippen LogP contribution is -2.51. The van der Waals surface area contributed by atoms with E-state index in [1.54, 1.807) is 0 Å². The highest BCUT2D eigenvalue weighted by molar-refractivity contribution is 5.80. The molecule has 0 amide bonds. The Labute approximate surface area is 168 Å². The van der Waals surface area contributed by atoms with Gasteiger partial charge >= 0.3 is 0 Å². The summed E-state index contributed by atoms with van der Waals surface area (Å²) in [5.74, 6) is 1.79. The van der Waals surface area contributed by atoms with E-state index >= 15 is 0 Å². The van der Waals surface area contributed by atoms with Crippen molar-refractivity contribution in [3.8, 4) is 0 Å². The molecule has 3 rings (SSSR count). The van der Waals surface area contributed by atoms with E-state index in [0.29, 0.717) is 12.6 Å². The van der Waals surface area contributed by atoms with E-state index in [4.69, 9.17) is 0 Å². The van der Waals surface area contributed by atoms with Gasteiger partial charge in [0.25, 0.3) is 0 Å². The fraction of sp³-hybridized carbons (Fsp3) is 0.455. The number of piperidine rings is 1. The van der Waals surface area contributed by atoms with Crippen LogP contribution in [-0.4, -0.2) is 51.2 Å². The first-order valence-corrected chi connectivity index (χ1v) is 9.97. The maximum absolute atomic E-state index is 4.66. The van der Waals surface area contributed by atoms with Crippen molar-refractivity contribution in [1.29, 1.82) is 0 Å². The van der Waals surface area contributed by atoms with Crippen molar-refractivity contribution in [2.45, 2.75) is 32.4 Å². The van der Waals surface area contributed by atoms with Crippen LogP contribution < -0.4 is 20.4 Å². The zero-order chi connectivity index (χ0) is 19.9. The average Bonchev–Trinajstić information content (AvgIpc) is 2.72. The highest BCUT2D eigenvalue weighted by atomic mass is 15.2. The first kappa shape index (κ1) is 20.0. The molecule has 1 saturated heterocycles. The summed E-state index contributed by atoms with van der Waals surface area (Å²) in [4.78, 5) is 13.5. The summed E-state index contributed by atoms with van der Waals surface area (Å²) in [6, 6.07) is 15.3. The van der Waals surface area contributed by atoms with E-state index in [1.165, 1.54) is 17.7 Å². The number of hydrogen-bond donors (Lipinski definition) is 2. The molecule has 1 atom stereocenters. The van der Waals surface area contributed by atoms with Crippen LogP contribution in [0.4, 0.5) is 11.5 Å². The predicted octanol–water partition coefficient (Wildman–Crippen LogP) is 2.79. The lowest BCUT2D eigenvalue weighted by Gasteiger charge is -2.35. The van der Waals surface area contributed by atoms with E-state index in [9.17, 15) is 0 Å². The van der Waals surface area contributed by atoms with Gasteiger partial charge in [0.2, 0.25) is 0 Å². The third kappa shape index (κ3) is 5.38. The van der Waals surface area contributed by atoms with Gasteiger partial charge in [0.1, 0.15) is 5.82 Å². The molecule has 1 aromatic heterocycles. The maximum Gasteiger partial charge on any atom is 0.191 e. The average molecular weight is 381 g/mol. The minimum Gasteiger partial charge on any atom is -0.369 e. The minimum atomic E-state index is 0.377. The van der Waals surface area contributed by atoms with Crippen LogP contribution >= 0.6 is 0 Å². The van der Waals surface area contributed by atoms with Crippen LogP contribution in [0.3, 0.4) is 0 Å². The first-order chi connectivity index (χ1) is 13.5. The Balaban J connectivity index is 1.55. The topological polar surface area (TPSA) is 55.8 Å². The smallest absolute Gasteiger partial charge is 0.191 e. The van der Waals surface area contributed by atoms with E-state index in [0.717, 1.165) is 37.0 Å². The molecule has 2 aromatic rings. The van der Waals surface area contributed by atoms with Crippen LogP contribution in [0.25, 0.3) is 0 Å². The standard InChI is InChI=1S/C22H32N6/c1-17-10-12-20(13-11-17)28-14-6-8-19(16-28)26-22(23-2)24-15-18-7-5-9-21(25-18)27(3)4/h5,7,9-13,19H,6,8,14-16H2,1-4H3,(H2,23,24,26). The molecule has 6 nitrogen and oxygen atoms in total. The minimum absolute atomic E-state index is 0.377. The molecule has 0 spiro atoms. The normalized spacial score (nSPS) is 17.4. The number of pyridine rings is 1. The fourth-order valence-electron chi connectivity index (χ4n) is 3.46. The van der Waals surface area contributed by atoms with Crippen molar-refractivity contribution in [1.82, 2.24) is 15.6 Å². The van der Waals surface area contributed by atoms with Gasteiger partial charge in [0.15, 0.2) is 5.96 Å². The molecule has 28 heavy (non-hydrogen) atoms. The second-order valence-electron chi connectivity index (χ2n) is 7.57. The van der Waals surface area contributed by atoms with Crippen LogP contribution in [-0.2, 0) is 6.54 Å². The van der Waals surface area contributed by atoms with Crippen molar-refractivity contribution in [2.24, 2.45) is 4.99 Å². The number of nitrogens with zero attached hydrogens (tertiary/aromatic N) is 4. The molecule has 0 saturated carbocycles. The number of benzene rings is 1. The lowest BCUT2D eigenvalue weighted by molar-refractivity contribution is 0.468. The van der Waals surface area contributed by atoms with Crippen LogP contribution in [0.5, 0.6) is 0 Å². The van der Waals surface area contributed by atoms with Crippen molar-refractivity contribution in [3.05, 3.63) is 53.7 Å². The maximum atomic E-state index is 4.66. The lowest BCUT2D eigenvalue weighted by atomic mass is 10.0. The molecule has 1 unspecified atom stereocenters. The van der Waals surface area contributed by atoms with Crippen molar-refractivity contribution in [2.75, 3.05) is 44.0 Å². The molecular formula is C22H32N6. The van der Waals surface area contributed by atoms with Crippen molar-refractivity contribution >= 4 is 17.5 Å². The van der Waals surface area contributed by atoms with Gasteiger partial charge < -0.3 is 20.4 Å². The molecule has 0 bridgehead atoms. The number of anilines is 2. The molecule has 1 aliphatic rings. The van der Waals surface area contributed by atoms with Gasteiger partial charge in [0, 0.05) is 46.0 Å². The Morgan fingerprint density at radius 3 is 2.71 bits per heavy atom. The highest BCUT2D eigenvalue weighted by Crippen LogP contribution is 2.20. The molecule has 0 radical (unpaired) electrons. The number of aliphatic imine (C=N–C) groups is 1. The van der Waals surface area contributed by atoms with Gasteiger partial charge in [-0.15, -0.1) is 0 Å². The summed E-state index contributed by atoms with van der Waals surface area (Å²) in [5, 5.41) is 6.98. The van der Waals surface area contributed by atoms with Gasteiger partial charge in [-0.25, -0.2) is 4.98 Å². The van der Waals surface area contributed by atoms with Gasteiger partial charge in [-0.2, -0.15) is 0 Å². The van der Waals surface area contributed by atoms with Crippen molar-refractivity contribution < 1.29 is 0 Å². The van der Waals surface area contributed by atoms with Gasteiger partial charge in [-0.1, -0.05) is 23.8 Å². The molecule has 0 aliphatic carbocycles. The summed E-state index contributed by atoms with van der Waals surface area (Å²) in [7, 11) is 5.82. The third-order valence-electron chi connectivity index (χ3n) is 5.07. The highest BCUT2D eigenvalue weighted by Gasteiger charge is 2.21. The molecular weight excluding hydrogens is 348 g/mol. The molecule has 2 N–H and O–H groups in total. The molecule has 1 aromatic carbocycles. The van der Waals surface area contributed by atoms with Crippen LogP contribution in [0, 0.1) is 6.92 Å². The number of aromatic nitrogens is 1. The zero-order valence-corrected chi connectivity index (χ0v) is 17.4. The molecule has 1 fully saturated rings. The Hall–Kier alpha value is -2.76. The third-order valence-corrected chi connectivity index (χ3v) is 5.07. The largest absolute Gasteiger partial charge is 0.369 e. The van der Waals surface area contributed by atoms with E-state index < -0.39 is 0 Å². The van der Waals surface area contributed by atoms with E-state index in [2.05, 4.69) is 56.7 Å². The summed E-state index contributed by atoms with van der Waals surface area (Å²) in [6.45, 7) is 4.87. The SMILES string of the molecule is CN=C(NCc1cccc(N(C)C)n1)NC1CCCN(c2ccc(C)cc2)C1. The Bertz CT molecular complexity index is 784. The van der Waals surface area contributed by atoms with E-state index in [-0.39, 0.29) is 0 Å². The Morgan fingerprint density at radius 2 is 2.00 bits per heavy atom. The fourth-order valence-corrected chi connectivity index (χ4v) is 3.46. The molecule has 150 valence electrons. The summed E-state index contributed by atoms with van der Waals surface area (Å²) in [5.41, 5.74) is 3.59. The number of hydrogen-bond acceptors (Lipinski definition) is 4. The van der Waals surface area contributed by atoms with Gasteiger partial charge in [-0.3, -0.25) is 4.99 Å². The number of rotatable bonds is 5. The second-order valence-corrected chi connectivity index (χ2v) is 7.57. The predicted molar refractivity (Wildman–Crippen MR) is 118 cm³/mol. The number of guanidine groups is 1. The molecule has 1 aliphatic heterocycles. The summed E-state index contributed by atoms with van der Waals surface area (Å²) >= 11 is 0. The van der Waals surface area contributed by atoms with Gasteiger partial charge in [-0.05, 0) is 44.0 Å². The van der Waals surface area contributed by atoms with Crippen LogP contribution in [0.15, 0.2) is 47.5 Å². The monoisotopic (exact) mass is 380 g/mol. The van der Waals surface area contributed by atoms with Crippen LogP contribution in [0.2, 0.25) is 0 Å². The number of aryl methyl sites for hydroxylation is 1. The van der Waals surface area contributed by atoms with Crippen molar-refractivity contribution in [3.63, 3.8) is 0 Å². The zero-order valence-electron chi connectivity index (χ0n) is 17.4. The Kier molecular flexibility index (Phi) is 6.74. The van der Waals surface area contributed by atoms with Crippen LogP contribution in [0.1, 0.15) is 24.1 Å². The Morgan fingerprint density at radius 1 is 1.21 bits per heavy atom. The quantitative estimate of drug-likeness (QED) is 0.617.